The largest absolute Gasteiger partial charge is 0.478 e. The number of fused-ring (bicyclic) bond motifs is 1. The van der Waals surface area contributed by atoms with Crippen molar-refractivity contribution in [3.8, 4) is 11.3 Å². The minimum Gasteiger partial charge on any atom is -0.478 e. The number of benzene rings is 1. The van der Waals surface area contributed by atoms with E-state index in [0.29, 0.717) is 5.92 Å². The lowest BCUT2D eigenvalue weighted by Gasteiger charge is -2.23. The summed E-state index contributed by atoms with van der Waals surface area (Å²) in [5.41, 5.74) is 4.01. The molecule has 8 heteroatoms. The second-order valence-corrected chi connectivity index (χ2v) is 9.87. The summed E-state index contributed by atoms with van der Waals surface area (Å²) in [4.78, 5) is 40.1. The minimum absolute atomic E-state index is 0.00548. The minimum atomic E-state index is -0.993. The smallest absolute Gasteiger partial charge is 0.335 e. The molecule has 1 N–H and O–H groups in total. The zero-order chi connectivity index (χ0) is 25.3. The number of hydrogen-bond acceptors (Lipinski definition) is 3. The zero-order valence-corrected chi connectivity index (χ0v) is 21.0. The van der Waals surface area contributed by atoms with Crippen molar-refractivity contribution in [2.75, 3.05) is 28.2 Å². The lowest BCUT2D eigenvalue weighted by molar-refractivity contribution is -0.130. The van der Waals surface area contributed by atoms with Gasteiger partial charge in [-0.25, -0.2) is 4.79 Å². The maximum Gasteiger partial charge on any atom is 0.335 e. The molecule has 35 heavy (non-hydrogen) atoms. The van der Waals surface area contributed by atoms with Crippen LogP contribution in [0.4, 0.5) is 0 Å². The number of aromatic nitrogens is 2. The highest BCUT2D eigenvalue weighted by Crippen LogP contribution is 2.44. The first kappa shape index (κ1) is 24.6. The number of likely N-dealkylation sites (N-methyl/N-ethyl adjacent to an activating group) is 2. The van der Waals surface area contributed by atoms with Gasteiger partial charge in [0.2, 0.25) is 11.8 Å². The van der Waals surface area contributed by atoms with Crippen molar-refractivity contribution in [1.29, 1.82) is 0 Å². The molecule has 1 aliphatic rings. The van der Waals surface area contributed by atoms with Crippen LogP contribution in [-0.4, -0.2) is 70.0 Å². The quantitative estimate of drug-likeness (QED) is 0.555. The predicted octanol–water partition coefficient (Wildman–Crippen LogP) is 4.03. The molecule has 8 nitrogen and oxygen atoms in total. The van der Waals surface area contributed by atoms with Crippen LogP contribution >= 0.6 is 0 Å². The van der Waals surface area contributed by atoms with E-state index in [9.17, 15) is 19.5 Å². The number of carboxylic acid groups (broad SMARTS) is 1. The average molecular weight is 479 g/mol. The summed E-state index contributed by atoms with van der Waals surface area (Å²) in [6, 6.07) is 7.22. The summed E-state index contributed by atoms with van der Waals surface area (Å²) in [5, 5.41) is 10.7. The topological polar surface area (TPSA) is 87.8 Å². The Balaban J connectivity index is 1.95. The SMILES string of the molecule is CN(C)C(=O)Cn1ccc(-c2c(C3CCCCC3)c3ccc(C(=O)O)cc3n2CC(=O)N(C)C)c1. The summed E-state index contributed by atoms with van der Waals surface area (Å²) in [7, 11) is 6.92. The van der Waals surface area contributed by atoms with E-state index in [1.165, 1.54) is 12.0 Å². The molecule has 3 aromatic rings. The van der Waals surface area contributed by atoms with Crippen molar-refractivity contribution in [3.05, 3.63) is 47.8 Å². The van der Waals surface area contributed by atoms with E-state index in [-0.39, 0.29) is 30.5 Å². The molecule has 186 valence electrons. The molecule has 1 saturated carbocycles. The second-order valence-electron chi connectivity index (χ2n) is 9.87. The number of carboxylic acids is 1. The number of rotatable bonds is 7. The van der Waals surface area contributed by atoms with Gasteiger partial charge in [0, 0.05) is 51.5 Å². The van der Waals surface area contributed by atoms with E-state index in [1.54, 1.807) is 50.1 Å². The first-order chi connectivity index (χ1) is 16.7. The van der Waals surface area contributed by atoms with Gasteiger partial charge in [0.15, 0.2) is 0 Å². The van der Waals surface area contributed by atoms with Crippen LogP contribution in [0.5, 0.6) is 0 Å². The number of carbonyl (C=O) groups excluding carboxylic acids is 2. The molecule has 0 atom stereocenters. The van der Waals surface area contributed by atoms with Crippen LogP contribution in [-0.2, 0) is 22.7 Å². The lowest BCUT2D eigenvalue weighted by Crippen LogP contribution is -2.26. The van der Waals surface area contributed by atoms with Crippen LogP contribution in [0.3, 0.4) is 0 Å². The molecule has 0 saturated heterocycles. The first-order valence-corrected chi connectivity index (χ1v) is 12.1. The third-order valence-corrected chi connectivity index (χ3v) is 7.00. The van der Waals surface area contributed by atoms with Crippen molar-refractivity contribution in [2.24, 2.45) is 0 Å². The van der Waals surface area contributed by atoms with Crippen molar-refractivity contribution in [1.82, 2.24) is 18.9 Å². The van der Waals surface area contributed by atoms with E-state index in [0.717, 1.165) is 47.8 Å². The Hall–Kier alpha value is -3.55. The predicted molar refractivity (Wildman–Crippen MR) is 136 cm³/mol. The summed E-state index contributed by atoms with van der Waals surface area (Å²) in [6.45, 7) is 0.336. The molecule has 1 aromatic carbocycles. The van der Waals surface area contributed by atoms with E-state index < -0.39 is 5.97 Å². The first-order valence-electron chi connectivity index (χ1n) is 12.1. The fourth-order valence-corrected chi connectivity index (χ4v) is 5.04. The molecule has 1 fully saturated rings. The van der Waals surface area contributed by atoms with Gasteiger partial charge in [0.1, 0.15) is 13.1 Å². The van der Waals surface area contributed by atoms with Crippen molar-refractivity contribution in [2.45, 2.75) is 51.1 Å². The van der Waals surface area contributed by atoms with E-state index >= 15 is 0 Å². The van der Waals surface area contributed by atoms with E-state index in [4.69, 9.17) is 0 Å². The standard InChI is InChI=1S/C27H34N4O4/c1-28(2)23(32)16-30-13-12-20(15-30)26-25(18-8-6-5-7-9-18)21-11-10-19(27(34)35)14-22(21)31(26)17-24(33)29(3)4/h10-15,18H,5-9,16-17H2,1-4H3,(H,34,35). The Morgan fingerprint density at radius 1 is 0.943 bits per heavy atom. The third kappa shape index (κ3) is 4.97. The molecular weight excluding hydrogens is 444 g/mol. The number of carbonyl (C=O) groups is 3. The highest BCUT2D eigenvalue weighted by atomic mass is 16.4. The highest BCUT2D eigenvalue weighted by Gasteiger charge is 2.28. The Labute approximate surface area is 205 Å². The monoisotopic (exact) mass is 478 g/mol. The van der Waals surface area contributed by atoms with Crippen molar-refractivity contribution in [3.63, 3.8) is 0 Å². The summed E-state index contributed by atoms with van der Waals surface area (Å²) in [6.07, 6.45) is 9.49. The fourth-order valence-electron chi connectivity index (χ4n) is 5.04. The highest BCUT2D eigenvalue weighted by molar-refractivity contribution is 5.99. The van der Waals surface area contributed by atoms with Gasteiger partial charge < -0.3 is 24.0 Å². The third-order valence-electron chi connectivity index (χ3n) is 7.00. The van der Waals surface area contributed by atoms with Gasteiger partial charge in [-0.15, -0.1) is 0 Å². The molecule has 0 radical (unpaired) electrons. The van der Waals surface area contributed by atoms with Crippen LogP contribution in [0.25, 0.3) is 22.2 Å². The Kier molecular flexibility index (Phi) is 7.00. The van der Waals surface area contributed by atoms with Crippen LogP contribution in [0, 0.1) is 0 Å². The summed E-state index contributed by atoms with van der Waals surface area (Å²) in [5.74, 6) is -0.734. The summed E-state index contributed by atoms with van der Waals surface area (Å²) >= 11 is 0. The van der Waals surface area contributed by atoms with E-state index in [1.807, 2.05) is 33.7 Å². The Morgan fingerprint density at radius 2 is 1.60 bits per heavy atom. The molecule has 0 bridgehead atoms. The molecule has 0 unspecified atom stereocenters. The number of aromatic carboxylic acids is 1. The van der Waals surface area contributed by atoms with Crippen LogP contribution in [0.2, 0.25) is 0 Å². The van der Waals surface area contributed by atoms with Gasteiger partial charge in [0.25, 0.3) is 0 Å². The lowest BCUT2D eigenvalue weighted by atomic mass is 9.82. The maximum atomic E-state index is 12.9. The Bertz CT molecular complexity index is 1260. The second kappa shape index (κ2) is 9.98. The maximum absolute atomic E-state index is 12.9. The van der Waals surface area contributed by atoms with Gasteiger partial charge in [0.05, 0.1) is 16.8 Å². The van der Waals surface area contributed by atoms with Crippen molar-refractivity contribution >= 4 is 28.7 Å². The van der Waals surface area contributed by atoms with Gasteiger partial charge in [-0.3, -0.25) is 9.59 Å². The number of amides is 2. The number of hydrogen-bond donors (Lipinski definition) is 1. The summed E-state index contributed by atoms with van der Waals surface area (Å²) < 4.78 is 3.84. The molecule has 2 heterocycles. The fraction of sp³-hybridized carbons (Fsp3) is 0.444. The van der Waals surface area contributed by atoms with Crippen LogP contribution < -0.4 is 0 Å². The average Bonchev–Trinajstić information content (AvgIpc) is 3.41. The molecule has 0 aliphatic heterocycles. The zero-order valence-electron chi connectivity index (χ0n) is 21.0. The van der Waals surface area contributed by atoms with Crippen LogP contribution in [0.15, 0.2) is 36.7 Å². The molecule has 4 rings (SSSR count). The molecule has 1 aliphatic carbocycles. The van der Waals surface area contributed by atoms with Crippen LogP contribution in [0.1, 0.15) is 53.9 Å². The van der Waals surface area contributed by atoms with E-state index in [2.05, 4.69) is 0 Å². The Morgan fingerprint density at radius 3 is 2.23 bits per heavy atom. The number of nitrogens with zero attached hydrogens (tertiary/aromatic N) is 4. The van der Waals surface area contributed by atoms with Gasteiger partial charge in [-0.2, -0.15) is 0 Å². The van der Waals surface area contributed by atoms with Gasteiger partial charge >= 0.3 is 5.97 Å². The van der Waals surface area contributed by atoms with Gasteiger partial charge in [-0.1, -0.05) is 25.3 Å². The van der Waals surface area contributed by atoms with Gasteiger partial charge in [-0.05, 0) is 42.5 Å². The molecular formula is C27H34N4O4. The van der Waals surface area contributed by atoms with Crippen molar-refractivity contribution < 1.29 is 19.5 Å². The molecule has 0 spiro atoms. The normalized spacial score (nSPS) is 14.3. The molecule has 2 aromatic heterocycles. The molecule has 2 amide bonds.